The first kappa shape index (κ1) is 19.7. The van der Waals surface area contributed by atoms with Crippen LogP contribution in [-0.4, -0.2) is 19.5 Å². The lowest BCUT2D eigenvalue weighted by Crippen LogP contribution is -2.03. The summed E-state index contributed by atoms with van der Waals surface area (Å²) >= 11 is 0. The second kappa shape index (κ2) is 7.55. The smallest absolute Gasteiger partial charge is 0.154 e. The molecule has 5 heteroatoms. The number of rotatable bonds is 4. The average molecular weight is 433 g/mol. The van der Waals surface area contributed by atoms with Crippen LogP contribution in [0.3, 0.4) is 0 Å². The van der Waals surface area contributed by atoms with Crippen molar-refractivity contribution in [3.63, 3.8) is 0 Å². The van der Waals surface area contributed by atoms with Gasteiger partial charge in [-0.3, -0.25) is 9.97 Å². The van der Waals surface area contributed by atoms with Gasteiger partial charge in [-0.05, 0) is 42.2 Å². The van der Waals surface area contributed by atoms with Crippen LogP contribution in [0.5, 0.6) is 0 Å². The molecule has 4 aromatic heterocycles. The Morgan fingerprint density at radius 3 is 2.58 bits per heavy atom. The van der Waals surface area contributed by atoms with Crippen molar-refractivity contribution in [2.45, 2.75) is 33.2 Å². The van der Waals surface area contributed by atoms with Gasteiger partial charge in [0.2, 0.25) is 0 Å². The first-order chi connectivity index (χ1) is 16.1. The van der Waals surface area contributed by atoms with Gasteiger partial charge >= 0.3 is 0 Å². The molecule has 162 valence electrons. The molecule has 0 aliphatic heterocycles. The van der Waals surface area contributed by atoms with Gasteiger partial charge in [0.1, 0.15) is 16.9 Å². The zero-order valence-corrected chi connectivity index (χ0v) is 18.9. The highest BCUT2D eigenvalue weighted by atomic mass is 16.3. The molecule has 0 amide bonds. The van der Waals surface area contributed by atoms with E-state index in [9.17, 15) is 0 Å². The van der Waals surface area contributed by atoms with Crippen LogP contribution in [-0.2, 0) is 6.54 Å². The van der Waals surface area contributed by atoms with E-state index in [0.29, 0.717) is 12.5 Å². The van der Waals surface area contributed by atoms with E-state index in [1.54, 1.807) is 0 Å². The molecule has 0 atom stereocenters. The fraction of sp³-hybridized carbons (Fsp3) is 0.179. The number of hydrogen-bond acceptors (Lipinski definition) is 4. The summed E-state index contributed by atoms with van der Waals surface area (Å²) in [6.45, 7) is 7.09. The molecule has 0 aliphatic rings. The first-order valence-corrected chi connectivity index (χ1v) is 11.3. The van der Waals surface area contributed by atoms with Crippen molar-refractivity contribution < 1.29 is 4.42 Å². The van der Waals surface area contributed by atoms with Gasteiger partial charge in [-0.15, -0.1) is 0 Å². The number of imidazole rings is 1. The maximum atomic E-state index is 6.17. The normalized spacial score (nSPS) is 11.9. The number of hydrogen-bond donors (Lipinski definition) is 0. The third-order valence-corrected chi connectivity index (χ3v) is 6.23. The van der Waals surface area contributed by atoms with E-state index in [2.05, 4.69) is 67.8 Å². The molecule has 0 aliphatic carbocycles. The topological polar surface area (TPSA) is 56.7 Å². The molecule has 33 heavy (non-hydrogen) atoms. The summed E-state index contributed by atoms with van der Waals surface area (Å²) in [5.41, 5.74) is 8.82. The van der Waals surface area contributed by atoms with Gasteiger partial charge in [0.15, 0.2) is 5.58 Å². The van der Waals surface area contributed by atoms with Crippen molar-refractivity contribution in [3.8, 4) is 11.4 Å². The van der Waals surface area contributed by atoms with Crippen LogP contribution < -0.4 is 0 Å². The van der Waals surface area contributed by atoms with Crippen LogP contribution in [0.2, 0.25) is 0 Å². The highest BCUT2D eigenvalue weighted by molar-refractivity contribution is 6.05. The lowest BCUT2D eigenvalue weighted by Gasteiger charge is -2.10. The summed E-state index contributed by atoms with van der Waals surface area (Å²) < 4.78 is 8.39. The molecule has 2 aromatic carbocycles. The molecule has 6 rings (SSSR count). The summed E-state index contributed by atoms with van der Waals surface area (Å²) in [5, 5.41) is 1.07. The van der Waals surface area contributed by atoms with Crippen LogP contribution in [0.15, 0.2) is 77.5 Å². The number of pyridine rings is 2. The third-order valence-electron chi connectivity index (χ3n) is 6.23. The number of fused-ring (bicyclic) bond motifs is 4. The van der Waals surface area contributed by atoms with E-state index < -0.39 is 0 Å². The SMILES string of the molecule is Cc1cccc2oc3cc(-c4nc5cc(C(C)C)ncc5n4Cc4ccccc4)cnc3c12. The van der Waals surface area contributed by atoms with E-state index >= 15 is 0 Å². The summed E-state index contributed by atoms with van der Waals surface area (Å²) in [4.78, 5) is 14.6. The molecule has 5 nitrogen and oxygen atoms in total. The van der Waals surface area contributed by atoms with Crippen LogP contribution in [0, 0.1) is 6.92 Å². The van der Waals surface area contributed by atoms with Crippen LogP contribution in [0.4, 0.5) is 0 Å². The maximum absolute atomic E-state index is 6.17. The summed E-state index contributed by atoms with van der Waals surface area (Å²) in [6.07, 6.45) is 3.85. The molecule has 0 spiro atoms. The van der Waals surface area contributed by atoms with E-state index in [-0.39, 0.29) is 0 Å². The lowest BCUT2D eigenvalue weighted by molar-refractivity contribution is 0.668. The van der Waals surface area contributed by atoms with Crippen molar-refractivity contribution in [3.05, 3.63) is 89.9 Å². The fourth-order valence-corrected chi connectivity index (χ4v) is 4.48. The molecule has 0 fully saturated rings. The number of benzene rings is 2. The largest absolute Gasteiger partial charge is 0.454 e. The maximum Gasteiger partial charge on any atom is 0.154 e. The van der Waals surface area contributed by atoms with Gasteiger partial charge in [0.25, 0.3) is 0 Å². The molecular formula is C28H24N4O. The molecular weight excluding hydrogens is 408 g/mol. The average Bonchev–Trinajstić information content (AvgIpc) is 3.38. The highest BCUT2D eigenvalue weighted by Gasteiger charge is 2.18. The van der Waals surface area contributed by atoms with Gasteiger partial charge in [-0.25, -0.2) is 4.98 Å². The quantitative estimate of drug-likeness (QED) is 0.305. The minimum absolute atomic E-state index is 0.342. The van der Waals surface area contributed by atoms with Gasteiger partial charge < -0.3 is 8.98 Å². The van der Waals surface area contributed by atoms with Crippen molar-refractivity contribution >= 4 is 33.1 Å². The molecule has 6 aromatic rings. The minimum Gasteiger partial charge on any atom is -0.454 e. The Kier molecular flexibility index (Phi) is 4.50. The standard InChI is InChI=1S/C28H24N4O/c1-17(2)21-13-22-23(15-29-21)32(16-19-9-5-4-6-10-19)28(31-22)20-12-25-27(30-14-20)26-18(3)8-7-11-24(26)33-25/h4-15,17H,16H2,1-3H3. The second-order valence-corrected chi connectivity index (χ2v) is 8.88. The van der Waals surface area contributed by atoms with E-state index in [1.807, 2.05) is 30.6 Å². The number of aryl methyl sites for hydroxylation is 1. The highest BCUT2D eigenvalue weighted by Crippen LogP contribution is 2.33. The first-order valence-electron chi connectivity index (χ1n) is 11.3. The predicted octanol–water partition coefficient (Wildman–Crippen LogP) is 6.87. The fourth-order valence-electron chi connectivity index (χ4n) is 4.48. The minimum atomic E-state index is 0.342. The monoisotopic (exact) mass is 432 g/mol. The van der Waals surface area contributed by atoms with E-state index in [0.717, 1.165) is 55.7 Å². The van der Waals surface area contributed by atoms with Crippen molar-refractivity contribution in [2.24, 2.45) is 0 Å². The van der Waals surface area contributed by atoms with Crippen molar-refractivity contribution in [1.82, 2.24) is 19.5 Å². The molecule has 0 N–H and O–H groups in total. The predicted molar refractivity (Wildman–Crippen MR) is 132 cm³/mol. The Hall–Kier alpha value is -3.99. The van der Waals surface area contributed by atoms with Crippen molar-refractivity contribution in [2.75, 3.05) is 0 Å². The second-order valence-electron chi connectivity index (χ2n) is 8.88. The Morgan fingerprint density at radius 1 is 0.909 bits per heavy atom. The zero-order chi connectivity index (χ0) is 22.5. The number of aromatic nitrogens is 4. The Balaban J connectivity index is 1.57. The van der Waals surface area contributed by atoms with Gasteiger partial charge in [0.05, 0.1) is 17.2 Å². The van der Waals surface area contributed by atoms with Gasteiger partial charge in [-0.2, -0.15) is 0 Å². The molecule has 0 unspecified atom stereocenters. The molecule has 0 bridgehead atoms. The van der Waals surface area contributed by atoms with Crippen LogP contribution in [0.25, 0.3) is 44.5 Å². The number of nitrogens with zero attached hydrogens (tertiary/aromatic N) is 4. The summed E-state index contributed by atoms with van der Waals surface area (Å²) in [5.74, 6) is 1.21. The zero-order valence-electron chi connectivity index (χ0n) is 18.9. The third kappa shape index (κ3) is 3.28. The number of furan rings is 1. The summed E-state index contributed by atoms with van der Waals surface area (Å²) in [7, 11) is 0. The molecule has 0 saturated heterocycles. The summed E-state index contributed by atoms with van der Waals surface area (Å²) in [6, 6.07) is 20.7. The molecule has 0 radical (unpaired) electrons. The Labute approximate surface area is 191 Å². The molecule has 0 saturated carbocycles. The molecule has 4 heterocycles. The van der Waals surface area contributed by atoms with Crippen LogP contribution in [0.1, 0.15) is 36.6 Å². The van der Waals surface area contributed by atoms with E-state index in [1.165, 1.54) is 5.56 Å². The van der Waals surface area contributed by atoms with Gasteiger partial charge in [0, 0.05) is 29.4 Å². The van der Waals surface area contributed by atoms with Crippen LogP contribution >= 0.6 is 0 Å². The van der Waals surface area contributed by atoms with Gasteiger partial charge in [-0.1, -0.05) is 56.3 Å². The van der Waals surface area contributed by atoms with Crippen molar-refractivity contribution in [1.29, 1.82) is 0 Å². The van der Waals surface area contributed by atoms with E-state index in [4.69, 9.17) is 19.4 Å². The lowest BCUT2D eigenvalue weighted by atomic mass is 10.1. The Morgan fingerprint density at radius 2 is 1.76 bits per heavy atom. The Bertz CT molecular complexity index is 1630.